The van der Waals surface area contributed by atoms with Crippen LogP contribution in [0, 0.1) is 0 Å². The summed E-state index contributed by atoms with van der Waals surface area (Å²) in [4.78, 5) is 28.3. The van der Waals surface area contributed by atoms with Crippen LogP contribution in [0.25, 0.3) is 0 Å². The molecule has 2 aliphatic heterocycles. The van der Waals surface area contributed by atoms with Gasteiger partial charge in [-0.15, -0.1) is 5.46 Å². The number of nitrogens with zero attached hydrogens (tertiary/aromatic N) is 2. The number of carbonyl (C=O) groups is 2. The van der Waals surface area contributed by atoms with E-state index in [0.717, 1.165) is 0 Å². The zero-order valence-corrected chi connectivity index (χ0v) is 13.4. The Bertz CT molecular complexity index is 688. The van der Waals surface area contributed by atoms with Crippen molar-refractivity contribution in [1.82, 2.24) is 9.80 Å². The molecule has 0 radical (unpaired) electrons. The fourth-order valence-corrected chi connectivity index (χ4v) is 3.23. The predicted octanol–water partition coefficient (Wildman–Crippen LogP) is -0.960. The minimum Gasteiger partial charge on any atom is -0.556 e. The number of piperazine rings is 1. The van der Waals surface area contributed by atoms with Crippen molar-refractivity contribution in [3.8, 4) is 0 Å². The average Bonchev–Trinajstić information content (AvgIpc) is 2.79. The maximum Gasteiger partial charge on any atom is 0.405 e. The van der Waals surface area contributed by atoms with Crippen LogP contribution in [0.1, 0.15) is 29.8 Å². The molecule has 124 valence electrons. The topological polar surface area (TPSA) is 90.3 Å². The van der Waals surface area contributed by atoms with Crippen molar-refractivity contribution >= 4 is 24.0 Å². The molecular weight excluding hydrogens is 299 g/mol. The van der Waals surface area contributed by atoms with Gasteiger partial charge < -0.3 is 24.5 Å². The van der Waals surface area contributed by atoms with Gasteiger partial charge in [-0.3, -0.25) is 9.59 Å². The summed E-state index contributed by atoms with van der Waals surface area (Å²) in [7, 11) is 1.72. The molecular formula is C15H20BN2O5-. The summed E-state index contributed by atoms with van der Waals surface area (Å²) in [6, 6.07) is 4.73. The minimum atomic E-state index is -3.06. The Morgan fingerprint density at radius 2 is 2.00 bits per heavy atom. The van der Waals surface area contributed by atoms with Crippen LogP contribution in [-0.2, 0) is 16.1 Å². The van der Waals surface area contributed by atoms with E-state index in [9.17, 15) is 19.6 Å². The fraction of sp³-hybridized carbons (Fsp3) is 0.467. The molecule has 1 aromatic carbocycles. The highest BCUT2D eigenvalue weighted by Gasteiger charge is 2.43. The van der Waals surface area contributed by atoms with E-state index in [1.807, 2.05) is 0 Å². The summed E-state index contributed by atoms with van der Waals surface area (Å²) in [5.74, 6) is -0.428. The van der Waals surface area contributed by atoms with Gasteiger partial charge in [-0.25, -0.2) is 0 Å². The fourth-order valence-electron chi connectivity index (χ4n) is 3.23. The number of likely N-dealkylation sites (N-methyl/N-ethyl adjacent to an activating group) is 1. The highest BCUT2D eigenvalue weighted by Crippen LogP contribution is 2.25. The molecule has 3 rings (SSSR count). The molecule has 0 bridgehead atoms. The van der Waals surface area contributed by atoms with E-state index >= 15 is 0 Å². The molecule has 2 amide bonds. The normalized spacial score (nSPS) is 22.2. The quantitative estimate of drug-likeness (QED) is 0.651. The SMILES string of the molecule is CN1CCN(C(=O)c2ccc3c(c2)[B-](O)(O)OC3)C(C)(C)C1=O. The summed E-state index contributed by atoms with van der Waals surface area (Å²) in [6.45, 7) is 1.37. The maximum absolute atomic E-state index is 12.8. The molecule has 2 heterocycles. The molecule has 0 aliphatic carbocycles. The molecule has 1 saturated heterocycles. The molecule has 2 N–H and O–H groups in total. The second-order valence-corrected chi connectivity index (χ2v) is 6.67. The molecule has 8 heteroatoms. The number of rotatable bonds is 1. The standard InChI is InChI=1S/C15H20BN2O5/c1-15(2)14(20)17(3)6-7-18(15)13(19)10-4-5-11-9-23-16(21,22)12(11)8-10/h4-5,8,21-22H,6-7,9H2,1-3H3/q-1. The first-order valence-corrected chi connectivity index (χ1v) is 7.58. The maximum atomic E-state index is 12.8. The van der Waals surface area contributed by atoms with Gasteiger partial charge in [0.15, 0.2) is 0 Å². The summed E-state index contributed by atoms with van der Waals surface area (Å²) >= 11 is 0. The average molecular weight is 319 g/mol. The first-order chi connectivity index (χ1) is 10.6. The largest absolute Gasteiger partial charge is 0.556 e. The van der Waals surface area contributed by atoms with E-state index < -0.39 is 12.3 Å². The van der Waals surface area contributed by atoms with Crippen LogP contribution in [-0.4, -0.2) is 64.1 Å². The number of amides is 2. The molecule has 1 fully saturated rings. The Morgan fingerprint density at radius 3 is 2.70 bits per heavy atom. The van der Waals surface area contributed by atoms with Crippen molar-refractivity contribution < 1.29 is 24.3 Å². The lowest BCUT2D eigenvalue weighted by Crippen LogP contribution is -2.63. The van der Waals surface area contributed by atoms with E-state index in [-0.39, 0.29) is 23.9 Å². The van der Waals surface area contributed by atoms with Crippen LogP contribution in [0.2, 0.25) is 0 Å². The minimum absolute atomic E-state index is 0.106. The highest BCUT2D eigenvalue weighted by atomic mass is 16.6. The zero-order valence-electron chi connectivity index (χ0n) is 13.4. The first-order valence-electron chi connectivity index (χ1n) is 7.58. The van der Waals surface area contributed by atoms with E-state index in [4.69, 9.17) is 4.65 Å². The molecule has 0 aromatic heterocycles. The van der Waals surface area contributed by atoms with Gasteiger partial charge >= 0.3 is 6.75 Å². The van der Waals surface area contributed by atoms with Crippen molar-refractivity contribution in [3.63, 3.8) is 0 Å². The van der Waals surface area contributed by atoms with Crippen LogP contribution in [0.15, 0.2) is 18.2 Å². The summed E-state index contributed by atoms with van der Waals surface area (Å²) in [5.41, 5.74) is 0.253. The van der Waals surface area contributed by atoms with Gasteiger partial charge in [0.05, 0.1) is 0 Å². The molecule has 2 aliphatic rings. The van der Waals surface area contributed by atoms with Crippen LogP contribution in [0.5, 0.6) is 0 Å². The molecule has 0 atom stereocenters. The molecule has 23 heavy (non-hydrogen) atoms. The lowest BCUT2D eigenvalue weighted by atomic mass is 9.70. The predicted molar refractivity (Wildman–Crippen MR) is 83.8 cm³/mol. The molecule has 1 aromatic rings. The lowest BCUT2D eigenvalue weighted by Gasteiger charge is -2.44. The van der Waals surface area contributed by atoms with E-state index in [1.54, 1.807) is 37.9 Å². The van der Waals surface area contributed by atoms with E-state index in [2.05, 4.69) is 0 Å². The van der Waals surface area contributed by atoms with Crippen LogP contribution in [0.3, 0.4) is 0 Å². The Morgan fingerprint density at radius 1 is 1.30 bits per heavy atom. The number of carbonyl (C=O) groups excluding carboxylic acids is 2. The van der Waals surface area contributed by atoms with Crippen LogP contribution in [0.4, 0.5) is 0 Å². The van der Waals surface area contributed by atoms with Crippen LogP contribution >= 0.6 is 0 Å². The van der Waals surface area contributed by atoms with Crippen molar-refractivity contribution in [1.29, 1.82) is 0 Å². The lowest BCUT2D eigenvalue weighted by molar-refractivity contribution is -0.144. The highest BCUT2D eigenvalue weighted by molar-refractivity contribution is 6.74. The number of benzene rings is 1. The molecule has 0 unspecified atom stereocenters. The smallest absolute Gasteiger partial charge is 0.405 e. The van der Waals surface area contributed by atoms with Gasteiger partial charge in [0, 0.05) is 32.3 Å². The van der Waals surface area contributed by atoms with Crippen molar-refractivity contribution in [2.45, 2.75) is 26.0 Å². The van der Waals surface area contributed by atoms with Gasteiger partial charge in [0.1, 0.15) is 5.54 Å². The monoisotopic (exact) mass is 319 g/mol. The van der Waals surface area contributed by atoms with Gasteiger partial charge in [0.2, 0.25) is 5.91 Å². The Hall–Kier alpha value is -1.90. The van der Waals surface area contributed by atoms with Crippen molar-refractivity contribution in [2.75, 3.05) is 20.1 Å². The third kappa shape index (κ3) is 2.43. The van der Waals surface area contributed by atoms with Crippen molar-refractivity contribution in [3.05, 3.63) is 29.3 Å². The summed E-state index contributed by atoms with van der Waals surface area (Å²) in [5, 5.41) is 19.7. The second kappa shape index (κ2) is 5.05. The van der Waals surface area contributed by atoms with Gasteiger partial charge in [-0.2, -0.15) is 0 Å². The van der Waals surface area contributed by atoms with Gasteiger partial charge in [-0.05, 0) is 19.9 Å². The number of hydrogen-bond acceptors (Lipinski definition) is 5. The molecule has 0 saturated carbocycles. The number of hydrogen-bond donors (Lipinski definition) is 2. The molecule has 7 nitrogen and oxygen atoms in total. The summed E-state index contributed by atoms with van der Waals surface area (Å²) < 4.78 is 4.95. The Kier molecular flexibility index (Phi) is 3.51. The van der Waals surface area contributed by atoms with E-state index in [0.29, 0.717) is 24.2 Å². The first kappa shape index (κ1) is 16.0. The van der Waals surface area contributed by atoms with Gasteiger partial charge in [0.25, 0.3) is 5.91 Å². The van der Waals surface area contributed by atoms with Crippen LogP contribution < -0.4 is 5.46 Å². The third-order valence-electron chi connectivity index (χ3n) is 4.72. The van der Waals surface area contributed by atoms with Crippen molar-refractivity contribution in [2.24, 2.45) is 0 Å². The zero-order chi connectivity index (χ0) is 17.0. The Labute approximate surface area is 134 Å². The summed E-state index contributed by atoms with van der Waals surface area (Å²) in [6.07, 6.45) is 0. The van der Waals surface area contributed by atoms with Gasteiger partial charge in [-0.1, -0.05) is 17.7 Å². The third-order valence-corrected chi connectivity index (χ3v) is 4.72. The van der Waals surface area contributed by atoms with E-state index in [1.165, 1.54) is 11.0 Å². The Balaban J connectivity index is 1.94. The second-order valence-electron chi connectivity index (χ2n) is 6.67. The molecule has 0 spiro atoms. The number of fused-ring (bicyclic) bond motifs is 1.